The second kappa shape index (κ2) is 10.1. The normalized spacial score (nSPS) is 19.0. The quantitative estimate of drug-likeness (QED) is 0.753. The highest BCUT2D eigenvalue weighted by Crippen LogP contribution is 2.36. The summed E-state index contributed by atoms with van der Waals surface area (Å²) in [6.45, 7) is 5.98. The molecule has 1 heterocycles. The fourth-order valence-electron chi connectivity index (χ4n) is 3.84. The Hall–Kier alpha value is -3.04. The number of nitriles is 1. The molecule has 30 heavy (non-hydrogen) atoms. The van der Waals surface area contributed by atoms with Crippen LogP contribution in [0.5, 0.6) is 11.5 Å². The topological polar surface area (TPSA) is 74.6 Å². The number of carbonyl (C=O) groups excluding carboxylic acids is 1. The maximum atomic E-state index is 12.6. The van der Waals surface area contributed by atoms with Gasteiger partial charge in [0.25, 0.3) is 5.91 Å². The van der Waals surface area contributed by atoms with Crippen molar-refractivity contribution in [3.05, 3.63) is 59.2 Å². The SMILES string of the molecule is CCOc1ccc(C2CC(NC(=O)c3ccc(C#N)cc3)CCN2C)cc1OCC. The summed E-state index contributed by atoms with van der Waals surface area (Å²) in [5.41, 5.74) is 2.28. The average Bonchev–Trinajstić information content (AvgIpc) is 2.76. The summed E-state index contributed by atoms with van der Waals surface area (Å²) in [5.74, 6) is 1.41. The molecule has 1 aliphatic rings. The smallest absolute Gasteiger partial charge is 0.251 e. The van der Waals surface area contributed by atoms with Gasteiger partial charge in [-0.25, -0.2) is 0 Å². The zero-order valence-corrected chi connectivity index (χ0v) is 17.9. The number of amides is 1. The Morgan fingerprint density at radius 1 is 1.13 bits per heavy atom. The molecule has 3 rings (SSSR count). The Labute approximate surface area is 178 Å². The molecule has 1 fully saturated rings. The third-order valence-electron chi connectivity index (χ3n) is 5.43. The molecule has 1 saturated heterocycles. The van der Waals surface area contributed by atoms with Gasteiger partial charge < -0.3 is 14.8 Å². The summed E-state index contributed by atoms with van der Waals surface area (Å²) >= 11 is 0. The van der Waals surface area contributed by atoms with E-state index in [1.54, 1.807) is 24.3 Å². The van der Waals surface area contributed by atoms with Gasteiger partial charge in [-0.1, -0.05) is 6.07 Å². The van der Waals surface area contributed by atoms with Crippen molar-refractivity contribution >= 4 is 5.91 Å². The Morgan fingerprint density at radius 3 is 2.50 bits per heavy atom. The van der Waals surface area contributed by atoms with E-state index in [0.29, 0.717) is 24.3 Å². The minimum Gasteiger partial charge on any atom is -0.490 e. The molecule has 0 radical (unpaired) electrons. The summed E-state index contributed by atoms with van der Waals surface area (Å²) in [7, 11) is 2.11. The summed E-state index contributed by atoms with van der Waals surface area (Å²) in [6.07, 6.45) is 1.71. The Kier molecular flexibility index (Phi) is 7.31. The van der Waals surface area contributed by atoms with Gasteiger partial charge in [-0.15, -0.1) is 0 Å². The fourth-order valence-corrected chi connectivity index (χ4v) is 3.84. The fraction of sp³-hybridized carbons (Fsp3) is 0.417. The first kappa shape index (κ1) is 21.7. The van der Waals surface area contributed by atoms with E-state index in [1.165, 1.54) is 0 Å². The lowest BCUT2D eigenvalue weighted by molar-refractivity contribution is 0.0888. The van der Waals surface area contributed by atoms with Crippen LogP contribution in [0.1, 0.15) is 54.2 Å². The van der Waals surface area contributed by atoms with Gasteiger partial charge in [0.15, 0.2) is 11.5 Å². The van der Waals surface area contributed by atoms with E-state index >= 15 is 0 Å². The van der Waals surface area contributed by atoms with Crippen LogP contribution in [0.3, 0.4) is 0 Å². The van der Waals surface area contributed by atoms with Gasteiger partial charge in [0.05, 0.1) is 24.8 Å². The monoisotopic (exact) mass is 407 g/mol. The number of hydrogen-bond donors (Lipinski definition) is 1. The molecule has 2 unspecified atom stereocenters. The summed E-state index contributed by atoms with van der Waals surface area (Å²) < 4.78 is 11.5. The van der Waals surface area contributed by atoms with Crippen molar-refractivity contribution in [2.45, 2.75) is 38.8 Å². The molecule has 0 aliphatic carbocycles. The minimum absolute atomic E-state index is 0.0801. The maximum absolute atomic E-state index is 12.6. The molecule has 0 spiro atoms. The molecule has 2 aromatic carbocycles. The highest BCUT2D eigenvalue weighted by molar-refractivity contribution is 5.94. The number of rotatable bonds is 7. The molecule has 1 N–H and O–H groups in total. The Morgan fingerprint density at radius 2 is 1.83 bits per heavy atom. The van der Waals surface area contributed by atoms with Gasteiger partial charge in [-0.05, 0) is 75.7 Å². The number of benzene rings is 2. The van der Waals surface area contributed by atoms with E-state index in [0.717, 1.165) is 36.4 Å². The van der Waals surface area contributed by atoms with Crippen molar-refractivity contribution < 1.29 is 14.3 Å². The molecule has 2 atom stereocenters. The van der Waals surface area contributed by atoms with Crippen LogP contribution in [0, 0.1) is 11.3 Å². The van der Waals surface area contributed by atoms with Crippen LogP contribution in [0.4, 0.5) is 0 Å². The molecule has 158 valence electrons. The number of piperidine rings is 1. The summed E-state index contributed by atoms with van der Waals surface area (Å²) in [5, 5.41) is 12.1. The first-order valence-corrected chi connectivity index (χ1v) is 10.5. The Bertz CT molecular complexity index is 905. The third kappa shape index (κ3) is 5.11. The van der Waals surface area contributed by atoms with Crippen LogP contribution in [0.15, 0.2) is 42.5 Å². The standard InChI is InChI=1S/C24H29N3O3/c1-4-29-22-11-10-19(14-23(22)30-5-2)21-15-20(12-13-27(21)3)26-24(28)18-8-6-17(16-25)7-9-18/h6-11,14,20-21H,4-5,12-13,15H2,1-3H3,(H,26,28). The second-order valence-corrected chi connectivity index (χ2v) is 7.45. The van der Waals surface area contributed by atoms with Crippen molar-refractivity contribution in [1.29, 1.82) is 5.26 Å². The maximum Gasteiger partial charge on any atom is 0.251 e. The van der Waals surface area contributed by atoms with Gasteiger partial charge in [-0.3, -0.25) is 9.69 Å². The number of likely N-dealkylation sites (tertiary alicyclic amines) is 1. The molecule has 0 aromatic heterocycles. The van der Waals surface area contributed by atoms with E-state index < -0.39 is 0 Å². The molecule has 6 heteroatoms. The van der Waals surface area contributed by atoms with Gasteiger partial charge in [0, 0.05) is 24.2 Å². The largest absolute Gasteiger partial charge is 0.490 e. The van der Waals surface area contributed by atoms with Crippen LogP contribution in [-0.2, 0) is 0 Å². The van der Waals surface area contributed by atoms with Crippen LogP contribution in [0.2, 0.25) is 0 Å². The number of ether oxygens (including phenoxy) is 2. The first-order chi connectivity index (χ1) is 14.5. The summed E-state index contributed by atoms with van der Waals surface area (Å²) in [4.78, 5) is 15.0. The minimum atomic E-state index is -0.102. The van der Waals surface area contributed by atoms with Gasteiger partial charge in [-0.2, -0.15) is 5.26 Å². The molecule has 2 aromatic rings. The lowest BCUT2D eigenvalue weighted by Crippen LogP contribution is -2.44. The number of nitrogens with one attached hydrogen (secondary N) is 1. The zero-order valence-electron chi connectivity index (χ0n) is 17.9. The molecule has 0 saturated carbocycles. The number of hydrogen-bond acceptors (Lipinski definition) is 5. The third-order valence-corrected chi connectivity index (χ3v) is 5.43. The van der Waals surface area contributed by atoms with Crippen molar-refractivity contribution in [3.63, 3.8) is 0 Å². The van der Waals surface area contributed by atoms with Crippen LogP contribution in [0.25, 0.3) is 0 Å². The van der Waals surface area contributed by atoms with E-state index in [1.807, 2.05) is 19.9 Å². The summed E-state index contributed by atoms with van der Waals surface area (Å²) in [6, 6.07) is 15.2. The average molecular weight is 408 g/mol. The lowest BCUT2D eigenvalue weighted by Gasteiger charge is -2.38. The molecule has 0 bridgehead atoms. The predicted molar refractivity (Wildman–Crippen MR) is 116 cm³/mol. The molecule has 1 amide bonds. The van der Waals surface area contributed by atoms with Gasteiger partial charge >= 0.3 is 0 Å². The van der Waals surface area contributed by atoms with Crippen LogP contribution in [-0.4, -0.2) is 43.7 Å². The highest BCUT2D eigenvalue weighted by atomic mass is 16.5. The van der Waals surface area contributed by atoms with E-state index in [9.17, 15) is 4.79 Å². The van der Waals surface area contributed by atoms with Crippen molar-refractivity contribution in [3.8, 4) is 17.6 Å². The lowest BCUT2D eigenvalue weighted by atomic mass is 9.91. The van der Waals surface area contributed by atoms with Crippen molar-refractivity contribution in [2.75, 3.05) is 26.8 Å². The van der Waals surface area contributed by atoms with Gasteiger partial charge in [0.1, 0.15) is 0 Å². The van der Waals surface area contributed by atoms with E-state index in [2.05, 4.69) is 35.5 Å². The van der Waals surface area contributed by atoms with Crippen molar-refractivity contribution in [2.24, 2.45) is 0 Å². The van der Waals surface area contributed by atoms with Crippen molar-refractivity contribution in [1.82, 2.24) is 10.2 Å². The van der Waals surface area contributed by atoms with Crippen LogP contribution >= 0.6 is 0 Å². The first-order valence-electron chi connectivity index (χ1n) is 10.5. The zero-order chi connectivity index (χ0) is 21.5. The molecular formula is C24H29N3O3. The van der Waals surface area contributed by atoms with Crippen LogP contribution < -0.4 is 14.8 Å². The highest BCUT2D eigenvalue weighted by Gasteiger charge is 2.29. The number of nitrogens with zero attached hydrogens (tertiary/aromatic N) is 2. The second-order valence-electron chi connectivity index (χ2n) is 7.45. The van der Waals surface area contributed by atoms with E-state index in [4.69, 9.17) is 14.7 Å². The van der Waals surface area contributed by atoms with E-state index in [-0.39, 0.29) is 18.0 Å². The molecular weight excluding hydrogens is 378 g/mol. The predicted octanol–water partition coefficient (Wildman–Crippen LogP) is 3.92. The molecule has 6 nitrogen and oxygen atoms in total. The Balaban J connectivity index is 1.72. The number of carbonyl (C=O) groups is 1. The van der Waals surface area contributed by atoms with Gasteiger partial charge in [0.2, 0.25) is 0 Å². The molecule has 1 aliphatic heterocycles.